The number of anilines is 1. The molecule has 0 saturated carbocycles. The van der Waals surface area contributed by atoms with Crippen molar-refractivity contribution in [1.82, 2.24) is 20.9 Å². The Morgan fingerprint density at radius 3 is 3.04 bits per heavy atom. The summed E-state index contributed by atoms with van der Waals surface area (Å²) in [6, 6.07) is 4.48. The molecule has 1 atom stereocenters. The Kier molecular flexibility index (Phi) is 6.37. The maximum atomic E-state index is 13.3. The van der Waals surface area contributed by atoms with Crippen molar-refractivity contribution < 1.29 is 14.2 Å². The van der Waals surface area contributed by atoms with E-state index in [0.717, 1.165) is 19.5 Å². The van der Waals surface area contributed by atoms with E-state index < -0.39 is 5.82 Å². The first-order chi connectivity index (χ1) is 12.7. The maximum Gasteiger partial charge on any atom is 0.201 e. The molecule has 1 aliphatic rings. The molecule has 1 saturated heterocycles. The molecule has 0 amide bonds. The average molecular weight is 383 g/mol. The first-order valence-corrected chi connectivity index (χ1v) is 8.75. The summed E-state index contributed by atoms with van der Waals surface area (Å²) in [7, 11) is 0. The normalized spacial score (nSPS) is 18.1. The van der Waals surface area contributed by atoms with Gasteiger partial charge in [0.2, 0.25) is 5.84 Å². The van der Waals surface area contributed by atoms with Gasteiger partial charge in [0.25, 0.3) is 0 Å². The molecule has 1 fully saturated rings. The zero-order valence-corrected chi connectivity index (χ0v) is 14.8. The lowest BCUT2D eigenvalue weighted by Gasteiger charge is -2.23. The van der Waals surface area contributed by atoms with E-state index in [9.17, 15) is 9.60 Å². The quantitative estimate of drug-likeness (QED) is 0.263. The summed E-state index contributed by atoms with van der Waals surface area (Å²) in [6.45, 7) is 2.23. The van der Waals surface area contributed by atoms with Gasteiger partial charge in [-0.05, 0) is 42.7 Å². The number of amidine groups is 1. The molecule has 2 heterocycles. The molecule has 1 unspecified atom stereocenters. The lowest BCUT2D eigenvalue weighted by molar-refractivity contribution is 0.299. The molecule has 1 aromatic heterocycles. The molecule has 1 aliphatic heterocycles. The zero-order chi connectivity index (χ0) is 18.4. The zero-order valence-electron chi connectivity index (χ0n) is 14.0. The Hall–Kier alpha value is -2.23. The number of nitrogens with one attached hydrogen (secondary N) is 3. The van der Waals surface area contributed by atoms with Crippen LogP contribution >= 0.6 is 11.6 Å². The molecular weight excluding hydrogens is 363 g/mol. The average Bonchev–Trinajstić information content (AvgIpc) is 3.12. The molecular formula is C16H20ClFN6O2. The predicted molar refractivity (Wildman–Crippen MR) is 95.0 cm³/mol. The molecule has 0 aliphatic carbocycles. The van der Waals surface area contributed by atoms with Crippen LogP contribution < -0.4 is 16.0 Å². The number of nitrogens with zero attached hydrogens (tertiary/aromatic N) is 3. The van der Waals surface area contributed by atoms with Crippen molar-refractivity contribution in [1.29, 1.82) is 0 Å². The van der Waals surface area contributed by atoms with Crippen LogP contribution in [0.4, 0.5) is 10.1 Å². The minimum atomic E-state index is -0.538. The summed E-state index contributed by atoms with van der Waals surface area (Å²) < 4.78 is 18.0. The highest BCUT2D eigenvalue weighted by Gasteiger charge is 2.19. The molecule has 0 bridgehead atoms. The van der Waals surface area contributed by atoms with Crippen molar-refractivity contribution in [3.05, 3.63) is 40.4 Å². The van der Waals surface area contributed by atoms with Crippen molar-refractivity contribution in [2.24, 2.45) is 5.16 Å². The number of benzene rings is 1. The highest BCUT2D eigenvalue weighted by molar-refractivity contribution is 6.31. The summed E-state index contributed by atoms with van der Waals surface area (Å²) in [5.74, 6) is -0.509. The van der Waals surface area contributed by atoms with Gasteiger partial charge in [-0.2, -0.15) is 0 Å². The third-order valence-electron chi connectivity index (χ3n) is 4.16. The van der Waals surface area contributed by atoms with Crippen LogP contribution in [0.3, 0.4) is 0 Å². The minimum absolute atomic E-state index is 0.0292. The first kappa shape index (κ1) is 18.6. The summed E-state index contributed by atoms with van der Waals surface area (Å²) >= 11 is 5.76. The van der Waals surface area contributed by atoms with Gasteiger partial charge in [0.1, 0.15) is 11.5 Å². The Bertz CT molecular complexity index is 763. The third kappa shape index (κ3) is 4.69. The smallest absolute Gasteiger partial charge is 0.201 e. The van der Waals surface area contributed by atoms with Gasteiger partial charge in [-0.25, -0.2) is 9.02 Å². The van der Waals surface area contributed by atoms with Gasteiger partial charge in [-0.1, -0.05) is 28.3 Å². The molecule has 2 aromatic rings. The van der Waals surface area contributed by atoms with E-state index >= 15 is 0 Å². The second-order valence-electron chi connectivity index (χ2n) is 6.04. The van der Waals surface area contributed by atoms with Gasteiger partial charge in [0.15, 0.2) is 5.69 Å². The second-order valence-corrected chi connectivity index (χ2v) is 6.45. The van der Waals surface area contributed by atoms with E-state index in [1.807, 2.05) is 0 Å². The Morgan fingerprint density at radius 1 is 1.42 bits per heavy atom. The standard InChI is InChI=1S/C16H20ClFN6O2/c17-12-7-10(4-5-13(12)18)21-16(22-25)15-14(23-26-24-15)9-19-8-11-3-1-2-6-20-11/h4-5,7,11,19-20,25H,1-3,6,8-9H2,(H,21,22). The summed E-state index contributed by atoms with van der Waals surface area (Å²) in [5, 5.41) is 29.7. The van der Waals surface area contributed by atoms with E-state index in [4.69, 9.17) is 16.2 Å². The van der Waals surface area contributed by atoms with E-state index in [0.29, 0.717) is 24.0 Å². The van der Waals surface area contributed by atoms with Crippen LogP contribution in [0.2, 0.25) is 5.02 Å². The van der Waals surface area contributed by atoms with Crippen LogP contribution in [-0.4, -0.2) is 40.5 Å². The van der Waals surface area contributed by atoms with Gasteiger partial charge < -0.3 is 21.2 Å². The number of aromatic nitrogens is 2. The molecule has 3 rings (SSSR count). The second kappa shape index (κ2) is 8.93. The number of hydrogen-bond acceptors (Lipinski definition) is 7. The summed E-state index contributed by atoms with van der Waals surface area (Å²) in [4.78, 5) is 0. The fourth-order valence-electron chi connectivity index (χ4n) is 2.81. The SMILES string of the molecule is O/N=C(/Nc1ccc(F)c(Cl)c1)c1nonc1CNCC1CCCCN1. The lowest BCUT2D eigenvalue weighted by atomic mass is 10.1. The Morgan fingerprint density at radius 2 is 2.31 bits per heavy atom. The van der Waals surface area contributed by atoms with Gasteiger partial charge in [-0.15, -0.1) is 0 Å². The van der Waals surface area contributed by atoms with Crippen LogP contribution in [-0.2, 0) is 6.54 Å². The number of rotatable bonds is 6. The van der Waals surface area contributed by atoms with Crippen LogP contribution in [0, 0.1) is 5.82 Å². The Balaban J connectivity index is 1.62. The lowest BCUT2D eigenvalue weighted by Crippen LogP contribution is -2.41. The molecule has 26 heavy (non-hydrogen) atoms. The molecule has 1 aromatic carbocycles. The molecule has 4 N–H and O–H groups in total. The van der Waals surface area contributed by atoms with Gasteiger partial charge >= 0.3 is 0 Å². The van der Waals surface area contributed by atoms with Crippen molar-refractivity contribution in [3.63, 3.8) is 0 Å². The molecule has 140 valence electrons. The largest absolute Gasteiger partial charge is 0.409 e. The van der Waals surface area contributed by atoms with Gasteiger partial charge in [-0.3, -0.25) is 0 Å². The van der Waals surface area contributed by atoms with E-state index in [-0.39, 0.29) is 16.6 Å². The van der Waals surface area contributed by atoms with E-state index in [1.165, 1.54) is 31.0 Å². The minimum Gasteiger partial charge on any atom is -0.409 e. The third-order valence-corrected chi connectivity index (χ3v) is 4.45. The Labute approximate surface area is 154 Å². The van der Waals surface area contributed by atoms with Crippen molar-refractivity contribution >= 4 is 23.1 Å². The number of hydrogen-bond donors (Lipinski definition) is 4. The van der Waals surface area contributed by atoms with Crippen LogP contribution in [0.15, 0.2) is 28.0 Å². The summed E-state index contributed by atoms with van der Waals surface area (Å²) in [6.07, 6.45) is 3.57. The molecule has 0 radical (unpaired) electrons. The van der Waals surface area contributed by atoms with Crippen molar-refractivity contribution in [2.45, 2.75) is 31.8 Å². The topological polar surface area (TPSA) is 108 Å². The maximum absolute atomic E-state index is 13.3. The fraction of sp³-hybridized carbons (Fsp3) is 0.438. The highest BCUT2D eigenvalue weighted by Crippen LogP contribution is 2.20. The fourth-order valence-corrected chi connectivity index (χ4v) is 2.99. The number of halogens is 2. The van der Waals surface area contributed by atoms with E-state index in [1.54, 1.807) is 0 Å². The van der Waals surface area contributed by atoms with Gasteiger partial charge in [0.05, 0.1) is 5.02 Å². The van der Waals surface area contributed by atoms with Crippen molar-refractivity contribution in [2.75, 3.05) is 18.4 Å². The van der Waals surface area contributed by atoms with Crippen LogP contribution in [0.1, 0.15) is 30.7 Å². The molecule has 10 heteroatoms. The van der Waals surface area contributed by atoms with Crippen LogP contribution in [0.25, 0.3) is 0 Å². The highest BCUT2D eigenvalue weighted by atomic mass is 35.5. The van der Waals surface area contributed by atoms with E-state index in [2.05, 4.69) is 31.4 Å². The molecule has 8 nitrogen and oxygen atoms in total. The first-order valence-electron chi connectivity index (χ1n) is 8.37. The van der Waals surface area contributed by atoms with Crippen LogP contribution in [0.5, 0.6) is 0 Å². The van der Waals surface area contributed by atoms with Gasteiger partial charge in [0, 0.05) is 24.8 Å². The number of piperidine rings is 1. The number of oxime groups is 1. The molecule has 0 spiro atoms. The predicted octanol–water partition coefficient (Wildman–Crippen LogP) is 2.34. The van der Waals surface area contributed by atoms with Crippen molar-refractivity contribution in [3.8, 4) is 0 Å². The summed E-state index contributed by atoms with van der Waals surface area (Å²) in [5.41, 5.74) is 1.20. The monoisotopic (exact) mass is 382 g/mol.